The summed E-state index contributed by atoms with van der Waals surface area (Å²) in [5.41, 5.74) is 0.335. The van der Waals surface area contributed by atoms with Gasteiger partial charge in [0.15, 0.2) is 0 Å². The Labute approximate surface area is 85.3 Å². The second-order valence-electron chi connectivity index (χ2n) is 4.61. The molecule has 1 nitrogen and oxygen atoms in total. The third-order valence-electron chi connectivity index (χ3n) is 4.02. The second-order valence-corrected chi connectivity index (χ2v) is 5.84. The number of thioether (sulfide) groups is 1. The lowest BCUT2D eigenvalue weighted by Crippen LogP contribution is -2.36. The molecule has 0 radical (unpaired) electrons. The van der Waals surface area contributed by atoms with Crippen LogP contribution in [0.25, 0.3) is 0 Å². The number of hydrogen-bond acceptors (Lipinski definition) is 2. The molecule has 1 heterocycles. The van der Waals surface area contributed by atoms with Crippen LogP contribution in [-0.2, 0) is 0 Å². The van der Waals surface area contributed by atoms with Crippen LogP contribution in [0.15, 0.2) is 0 Å². The monoisotopic (exact) mass is 200 g/mol. The minimum atomic E-state index is 0.335. The molecule has 1 saturated carbocycles. The zero-order valence-electron chi connectivity index (χ0n) is 8.30. The van der Waals surface area contributed by atoms with Gasteiger partial charge in [-0.25, -0.2) is 0 Å². The molecule has 1 aliphatic carbocycles. The molecular formula is C11H20OS. The Morgan fingerprint density at radius 2 is 1.77 bits per heavy atom. The van der Waals surface area contributed by atoms with Gasteiger partial charge in [-0.15, -0.1) is 0 Å². The van der Waals surface area contributed by atoms with Crippen molar-refractivity contribution in [3.05, 3.63) is 0 Å². The van der Waals surface area contributed by atoms with Gasteiger partial charge in [-0.2, -0.15) is 11.8 Å². The lowest BCUT2D eigenvalue weighted by molar-refractivity contribution is 0.0537. The molecule has 1 N–H and O–H groups in total. The van der Waals surface area contributed by atoms with Crippen LogP contribution in [-0.4, -0.2) is 23.2 Å². The van der Waals surface area contributed by atoms with E-state index >= 15 is 0 Å². The van der Waals surface area contributed by atoms with Crippen LogP contribution in [0.4, 0.5) is 0 Å². The molecule has 2 aliphatic rings. The molecule has 2 fully saturated rings. The lowest BCUT2D eigenvalue weighted by atomic mass is 9.71. The minimum Gasteiger partial charge on any atom is -0.396 e. The van der Waals surface area contributed by atoms with Crippen molar-refractivity contribution in [2.45, 2.75) is 38.5 Å². The SMILES string of the molecule is OCC1(C2CCCC2)CCSCC1. The lowest BCUT2D eigenvalue weighted by Gasteiger charge is -2.40. The van der Waals surface area contributed by atoms with Crippen molar-refractivity contribution in [1.82, 2.24) is 0 Å². The van der Waals surface area contributed by atoms with Crippen LogP contribution >= 0.6 is 11.8 Å². The van der Waals surface area contributed by atoms with Gasteiger partial charge in [0.05, 0.1) is 0 Å². The van der Waals surface area contributed by atoms with Gasteiger partial charge in [0.25, 0.3) is 0 Å². The summed E-state index contributed by atoms with van der Waals surface area (Å²) in [4.78, 5) is 0. The van der Waals surface area contributed by atoms with Gasteiger partial charge in [0, 0.05) is 6.61 Å². The predicted octanol–water partition coefficient (Wildman–Crippen LogP) is 2.68. The molecule has 1 aliphatic heterocycles. The van der Waals surface area contributed by atoms with Crippen LogP contribution < -0.4 is 0 Å². The van der Waals surface area contributed by atoms with Crippen molar-refractivity contribution >= 4 is 11.8 Å². The van der Waals surface area contributed by atoms with Gasteiger partial charge in [-0.05, 0) is 48.5 Å². The van der Waals surface area contributed by atoms with Crippen LogP contribution in [0.2, 0.25) is 0 Å². The molecule has 1 saturated heterocycles. The molecule has 0 aromatic heterocycles. The maximum atomic E-state index is 9.59. The Balaban J connectivity index is 2.03. The van der Waals surface area contributed by atoms with Crippen molar-refractivity contribution in [1.29, 1.82) is 0 Å². The fourth-order valence-electron chi connectivity index (χ4n) is 3.01. The van der Waals surface area contributed by atoms with Crippen LogP contribution in [0.1, 0.15) is 38.5 Å². The fraction of sp³-hybridized carbons (Fsp3) is 1.00. The first-order valence-corrected chi connectivity index (χ1v) is 6.71. The molecule has 0 aromatic carbocycles. The molecule has 76 valence electrons. The second kappa shape index (κ2) is 4.22. The van der Waals surface area contributed by atoms with E-state index in [1.165, 1.54) is 50.0 Å². The Bertz CT molecular complexity index is 157. The molecule has 13 heavy (non-hydrogen) atoms. The first kappa shape index (κ1) is 9.85. The summed E-state index contributed by atoms with van der Waals surface area (Å²) in [5, 5.41) is 9.59. The van der Waals surface area contributed by atoms with Gasteiger partial charge in [-0.1, -0.05) is 12.8 Å². The van der Waals surface area contributed by atoms with Crippen LogP contribution in [0, 0.1) is 11.3 Å². The quantitative estimate of drug-likeness (QED) is 0.739. The maximum absolute atomic E-state index is 9.59. The minimum absolute atomic E-state index is 0.335. The highest BCUT2D eigenvalue weighted by atomic mass is 32.2. The third kappa shape index (κ3) is 1.89. The molecule has 0 bridgehead atoms. The van der Waals surface area contributed by atoms with Gasteiger partial charge >= 0.3 is 0 Å². The first-order valence-electron chi connectivity index (χ1n) is 5.56. The van der Waals surface area contributed by atoms with Gasteiger partial charge in [0.2, 0.25) is 0 Å². The highest BCUT2D eigenvalue weighted by Gasteiger charge is 2.40. The first-order chi connectivity index (χ1) is 6.37. The van der Waals surface area contributed by atoms with E-state index in [0.717, 1.165) is 5.92 Å². The standard InChI is InChI=1S/C11H20OS/c12-9-11(5-7-13-8-6-11)10-3-1-2-4-10/h10,12H,1-9H2. The summed E-state index contributed by atoms with van der Waals surface area (Å²) in [6, 6.07) is 0. The molecule has 2 heteroatoms. The molecule has 0 amide bonds. The summed E-state index contributed by atoms with van der Waals surface area (Å²) in [6.45, 7) is 0.443. The van der Waals surface area contributed by atoms with Crippen molar-refractivity contribution in [3.63, 3.8) is 0 Å². The van der Waals surface area contributed by atoms with Gasteiger partial charge in [0.1, 0.15) is 0 Å². The molecular weight excluding hydrogens is 180 g/mol. The third-order valence-corrected chi connectivity index (χ3v) is 5.01. The highest BCUT2D eigenvalue weighted by Crippen LogP contribution is 2.47. The van der Waals surface area contributed by atoms with Crippen molar-refractivity contribution in [2.75, 3.05) is 18.1 Å². The Kier molecular flexibility index (Phi) is 3.20. The fourth-order valence-corrected chi connectivity index (χ4v) is 4.32. The van der Waals surface area contributed by atoms with E-state index in [1.54, 1.807) is 0 Å². The van der Waals surface area contributed by atoms with E-state index in [-0.39, 0.29) is 0 Å². The van der Waals surface area contributed by atoms with E-state index in [4.69, 9.17) is 0 Å². The summed E-state index contributed by atoms with van der Waals surface area (Å²) in [6.07, 6.45) is 8.09. The molecule has 0 aromatic rings. The average Bonchev–Trinajstić information content (AvgIpc) is 2.72. The summed E-state index contributed by atoms with van der Waals surface area (Å²) < 4.78 is 0. The molecule has 2 rings (SSSR count). The Morgan fingerprint density at radius 3 is 2.31 bits per heavy atom. The Hall–Kier alpha value is 0.310. The summed E-state index contributed by atoms with van der Waals surface area (Å²) in [5.74, 6) is 3.40. The van der Waals surface area contributed by atoms with Gasteiger partial charge in [-0.3, -0.25) is 0 Å². The van der Waals surface area contributed by atoms with E-state index in [1.807, 2.05) is 0 Å². The normalized spacial score (nSPS) is 29.3. The maximum Gasteiger partial charge on any atom is 0.0490 e. The number of hydrogen-bond donors (Lipinski definition) is 1. The summed E-state index contributed by atoms with van der Waals surface area (Å²) >= 11 is 2.06. The molecule has 0 unspecified atom stereocenters. The van der Waals surface area contributed by atoms with E-state index < -0.39 is 0 Å². The molecule has 0 spiro atoms. The van der Waals surface area contributed by atoms with E-state index in [9.17, 15) is 5.11 Å². The van der Waals surface area contributed by atoms with Crippen molar-refractivity contribution in [2.24, 2.45) is 11.3 Å². The zero-order chi connectivity index (χ0) is 9.15. The largest absolute Gasteiger partial charge is 0.396 e. The topological polar surface area (TPSA) is 20.2 Å². The Morgan fingerprint density at radius 1 is 1.15 bits per heavy atom. The van der Waals surface area contributed by atoms with Crippen LogP contribution in [0.3, 0.4) is 0 Å². The van der Waals surface area contributed by atoms with Gasteiger partial charge < -0.3 is 5.11 Å². The highest BCUT2D eigenvalue weighted by molar-refractivity contribution is 7.99. The molecule has 0 atom stereocenters. The van der Waals surface area contributed by atoms with E-state index in [0.29, 0.717) is 12.0 Å². The number of aliphatic hydroxyl groups is 1. The van der Waals surface area contributed by atoms with E-state index in [2.05, 4.69) is 11.8 Å². The number of rotatable bonds is 2. The smallest absolute Gasteiger partial charge is 0.0490 e. The number of aliphatic hydroxyl groups excluding tert-OH is 1. The van der Waals surface area contributed by atoms with Crippen molar-refractivity contribution in [3.8, 4) is 0 Å². The summed E-state index contributed by atoms with van der Waals surface area (Å²) in [7, 11) is 0. The van der Waals surface area contributed by atoms with Crippen molar-refractivity contribution < 1.29 is 5.11 Å². The van der Waals surface area contributed by atoms with Crippen LogP contribution in [0.5, 0.6) is 0 Å². The average molecular weight is 200 g/mol. The zero-order valence-corrected chi connectivity index (χ0v) is 9.11. The predicted molar refractivity (Wildman–Crippen MR) is 58.0 cm³/mol.